The lowest BCUT2D eigenvalue weighted by atomic mass is 10.2. The number of carbonyl (C=O) groups is 1. The summed E-state index contributed by atoms with van der Waals surface area (Å²) >= 11 is 1.37. The fourth-order valence-electron chi connectivity index (χ4n) is 2.54. The van der Waals surface area contributed by atoms with E-state index in [4.69, 9.17) is 4.74 Å². The van der Waals surface area contributed by atoms with Crippen LogP contribution in [0.1, 0.15) is 12.5 Å². The summed E-state index contributed by atoms with van der Waals surface area (Å²) in [5.74, 6) is 1.84. The van der Waals surface area contributed by atoms with Gasteiger partial charge in [-0.1, -0.05) is 42.1 Å². The molecule has 3 aromatic rings. The Balaban J connectivity index is 1.56. The molecule has 0 unspecified atom stereocenters. The fraction of sp³-hybridized carbons (Fsp3) is 0.250. The summed E-state index contributed by atoms with van der Waals surface area (Å²) < 4.78 is 7.35. The molecule has 0 bridgehead atoms. The van der Waals surface area contributed by atoms with E-state index in [0.717, 1.165) is 22.7 Å². The topological polar surface area (TPSA) is 69.0 Å². The van der Waals surface area contributed by atoms with Crippen LogP contribution in [0.5, 0.6) is 5.75 Å². The molecule has 0 radical (unpaired) electrons. The summed E-state index contributed by atoms with van der Waals surface area (Å²) in [6, 6.07) is 17.6. The zero-order chi connectivity index (χ0) is 19.1. The number of thioether (sulfide) groups is 1. The van der Waals surface area contributed by atoms with Gasteiger partial charge < -0.3 is 14.6 Å². The second-order valence-electron chi connectivity index (χ2n) is 5.87. The van der Waals surface area contributed by atoms with Crippen molar-refractivity contribution in [2.75, 3.05) is 12.4 Å². The Hall–Kier alpha value is -2.80. The summed E-state index contributed by atoms with van der Waals surface area (Å²) in [5, 5.41) is 12.1. The smallest absolute Gasteiger partial charge is 0.230 e. The highest BCUT2D eigenvalue weighted by Gasteiger charge is 2.13. The van der Waals surface area contributed by atoms with E-state index in [9.17, 15) is 4.79 Å². The van der Waals surface area contributed by atoms with Gasteiger partial charge in [0, 0.05) is 19.2 Å². The zero-order valence-corrected chi connectivity index (χ0v) is 16.2. The standard InChI is InChI=1S/C20H22N4O2S/c1-3-26-17-11-9-16(10-12-17)19-22-23-20(24(19)2)27-14-18(25)21-13-15-7-5-4-6-8-15/h4-12H,3,13-14H2,1-2H3,(H,21,25). The number of ether oxygens (including phenoxy) is 1. The minimum absolute atomic E-state index is 0.0329. The van der Waals surface area contributed by atoms with Crippen molar-refractivity contribution in [3.8, 4) is 17.1 Å². The second-order valence-corrected chi connectivity index (χ2v) is 6.82. The molecule has 0 aliphatic carbocycles. The van der Waals surface area contributed by atoms with Crippen molar-refractivity contribution in [2.24, 2.45) is 7.05 Å². The summed E-state index contributed by atoms with van der Waals surface area (Å²) in [7, 11) is 1.90. The maximum atomic E-state index is 12.1. The first-order chi connectivity index (χ1) is 13.2. The molecular weight excluding hydrogens is 360 g/mol. The van der Waals surface area contributed by atoms with E-state index in [1.54, 1.807) is 0 Å². The molecule has 1 N–H and O–H groups in total. The van der Waals surface area contributed by atoms with Crippen molar-refractivity contribution in [1.82, 2.24) is 20.1 Å². The SMILES string of the molecule is CCOc1ccc(-c2nnc(SCC(=O)NCc3ccccc3)n2C)cc1. The third-order valence-electron chi connectivity index (χ3n) is 3.92. The molecule has 3 rings (SSSR count). The van der Waals surface area contributed by atoms with E-state index < -0.39 is 0 Å². The summed E-state index contributed by atoms with van der Waals surface area (Å²) in [6.45, 7) is 3.11. The quantitative estimate of drug-likeness (QED) is 0.606. The molecule has 1 heterocycles. The molecule has 0 saturated heterocycles. The Kier molecular flexibility index (Phi) is 6.49. The van der Waals surface area contributed by atoms with Gasteiger partial charge in [0.1, 0.15) is 5.75 Å². The van der Waals surface area contributed by atoms with E-state index in [-0.39, 0.29) is 5.91 Å². The van der Waals surface area contributed by atoms with Crippen molar-refractivity contribution in [3.05, 3.63) is 60.2 Å². The first-order valence-corrected chi connectivity index (χ1v) is 9.72. The van der Waals surface area contributed by atoms with E-state index in [1.807, 2.05) is 73.1 Å². The summed E-state index contributed by atoms with van der Waals surface area (Å²) in [6.07, 6.45) is 0. The van der Waals surface area contributed by atoms with Gasteiger partial charge in [0.05, 0.1) is 12.4 Å². The molecule has 0 fully saturated rings. The highest BCUT2D eigenvalue weighted by molar-refractivity contribution is 7.99. The minimum atomic E-state index is -0.0329. The minimum Gasteiger partial charge on any atom is -0.494 e. The number of hydrogen-bond donors (Lipinski definition) is 1. The molecule has 0 saturated carbocycles. The molecule has 1 amide bonds. The third-order valence-corrected chi connectivity index (χ3v) is 4.94. The van der Waals surface area contributed by atoms with Gasteiger partial charge in [-0.25, -0.2) is 0 Å². The molecule has 2 aromatic carbocycles. The van der Waals surface area contributed by atoms with E-state index in [2.05, 4.69) is 15.5 Å². The second kappa shape index (κ2) is 9.23. The molecule has 6 nitrogen and oxygen atoms in total. The highest BCUT2D eigenvalue weighted by atomic mass is 32.2. The Morgan fingerprint density at radius 2 is 1.85 bits per heavy atom. The van der Waals surface area contributed by atoms with Crippen molar-refractivity contribution in [1.29, 1.82) is 0 Å². The summed E-state index contributed by atoms with van der Waals surface area (Å²) in [5.41, 5.74) is 2.03. The largest absolute Gasteiger partial charge is 0.494 e. The van der Waals surface area contributed by atoms with Crippen LogP contribution in [0.3, 0.4) is 0 Å². The third kappa shape index (κ3) is 5.10. The van der Waals surface area contributed by atoms with Gasteiger partial charge in [0.2, 0.25) is 5.91 Å². The lowest BCUT2D eigenvalue weighted by Gasteiger charge is -2.07. The monoisotopic (exact) mass is 382 g/mol. The van der Waals surface area contributed by atoms with Crippen LogP contribution in [0.15, 0.2) is 59.8 Å². The fourth-order valence-corrected chi connectivity index (χ4v) is 3.28. The molecule has 27 heavy (non-hydrogen) atoms. The van der Waals surface area contributed by atoms with Gasteiger partial charge >= 0.3 is 0 Å². The van der Waals surface area contributed by atoms with Gasteiger partial charge in [-0.3, -0.25) is 4.79 Å². The van der Waals surface area contributed by atoms with Crippen molar-refractivity contribution in [2.45, 2.75) is 18.6 Å². The van der Waals surface area contributed by atoms with Gasteiger partial charge in [-0.2, -0.15) is 0 Å². The van der Waals surface area contributed by atoms with Crippen molar-refractivity contribution in [3.63, 3.8) is 0 Å². The zero-order valence-electron chi connectivity index (χ0n) is 15.4. The molecular formula is C20H22N4O2S. The maximum absolute atomic E-state index is 12.1. The Morgan fingerprint density at radius 3 is 2.56 bits per heavy atom. The molecule has 0 spiro atoms. The number of nitrogens with zero attached hydrogens (tertiary/aromatic N) is 3. The van der Waals surface area contributed by atoms with Crippen LogP contribution in [0, 0.1) is 0 Å². The van der Waals surface area contributed by atoms with Crippen LogP contribution in [-0.2, 0) is 18.4 Å². The first kappa shape index (κ1) is 19.0. The number of hydrogen-bond acceptors (Lipinski definition) is 5. The van der Waals surface area contributed by atoms with Crippen molar-refractivity contribution < 1.29 is 9.53 Å². The van der Waals surface area contributed by atoms with E-state index in [0.29, 0.717) is 24.1 Å². The number of nitrogens with one attached hydrogen (secondary N) is 1. The van der Waals surface area contributed by atoms with Gasteiger partial charge in [0.15, 0.2) is 11.0 Å². The number of amides is 1. The maximum Gasteiger partial charge on any atom is 0.230 e. The van der Waals surface area contributed by atoms with E-state index >= 15 is 0 Å². The number of benzene rings is 2. The Bertz CT molecular complexity index is 879. The number of rotatable bonds is 8. The van der Waals surface area contributed by atoms with Gasteiger partial charge in [-0.05, 0) is 36.8 Å². The lowest BCUT2D eigenvalue weighted by molar-refractivity contribution is -0.118. The number of aromatic nitrogens is 3. The van der Waals surface area contributed by atoms with Crippen LogP contribution < -0.4 is 10.1 Å². The Labute approximate surface area is 163 Å². The Morgan fingerprint density at radius 1 is 1.11 bits per heavy atom. The average molecular weight is 382 g/mol. The normalized spacial score (nSPS) is 10.6. The molecule has 0 aliphatic rings. The number of carbonyl (C=O) groups excluding carboxylic acids is 1. The van der Waals surface area contributed by atoms with Crippen LogP contribution in [0.4, 0.5) is 0 Å². The predicted molar refractivity (Wildman–Crippen MR) is 107 cm³/mol. The van der Waals surface area contributed by atoms with Crippen LogP contribution in [0.2, 0.25) is 0 Å². The molecule has 0 atom stereocenters. The average Bonchev–Trinajstić information content (AvgIpc) is 3.07. The van der Waals surface area contributed by atoms with E-state index in [1.165, 1.54) is 11.8 Å². The molecule has 0 aliphatic heterocycles. The first-order valence-electron chi connectivity index (χ1n) is 8.73. The van der Waals surface area contributed by atoms with Crippen molar-refractivity contribution >= 4 is 17.7 Å². The molecule has 1 aromatic heterocycles. The van der Waals surface area contributed by atoms with Crippen LogP contribution >= 0.6 is 11.8 Å². The highest BCUT2D eigenvalue weighted by Crippen LogP contribution is 2.24. The van der Waals surface area contributed by atoms with Gasteiger partial charge in [0.25, 0.3) is 0 Å². The van der Waals surface area contributed by atoms with Gasteiger partial charge in [-0.15, -0.1) is 10.2 Å². The summed E-state index contributed by atoms with van der Waals surface area (Å²) in [4.78, 5) is 12.1. The van der Waals surface area contributed by atoms with Crippen LogP contribution in [0.25, 0.3) is 11.4 Å². The predicted octanol–water partition coefficient (Wildman–Crippen LogP) is 3.29. The molecule has 7 heteroatoms. The molecule has 140 valence electrons. The lowest BCUT2D eigenvalue weighted by Crippen LogP contribution is -2.24. The van der Waals surface area contributed by atoms with Crippen LogP contribution in [-0.4, -0.2) is 33.0 Å².